The summed E-state index contributed by atoms with van der Waals surface area (Å²) < 4.78 is 44.4. The van der Waals surface area contributed by atoms with Crippen molar-refractivity contribution in [1.82, 2.24) is 9.97 Å². The molecule has 0 saturated heterocycles. The van der Waals surface area contributed by atoms with Gasteiger partial charge in [0.2, 0.25) is 11.8 Å². The first-order valence-corrected chi connectivity index (χ1v) is 7.77. The topological polar surface area (TPSA) is 38.2 Å². The van der Waals surface area contributed by atoms with E-state index in [-0.39, 0.29) is 12.6 Å². The first kappa shape index (κ1) is 18.0. The number of benzene rings is 1. The number of aryl methyl sites for hydroxylation is 1. The Labute approximate surface area is 139 Å². The molecule has 1 aromatic heterocycles. The Morgan fingerprint density at radius 3 is 2.50 bits per heavy atom. The van der Waals surface area contributed by atoms with Crippen LogP contribution in [-0.2, 0) is 12.6 Å². The van der Waals surface area contributed by atoms with E-state index in [0.717, 1.165) is 23.9 Å². The maximum absolute atomic E-state index is 13.1. The van der Waals surface area contributed by atoms with Crippen LogP contribution in [0, 0.1) is 0 Å². The van der Waals surface area contributed by atoms with Crippen molar-refractivity contribution in [2.24, 2.45) is 0 Å². The molecule has 0 bridgehead atoms. The van der Waals surface area contributed by atoms with E-state index < -0.39 is 17.6 Å². The fraction of sp³-hybridized carbons (Fsp3) is 0.412. The summed E-state index contributed by atoms with van der Waals surface area (Å²) in [5, 5.41) is 0. The lowest BCUT2D eigenvalue weighted by Crippen LogP contribution is -2.18. The lowest BCUT2D eigenvalue weighted by Gasteiger charge is -2.21. The molecule has 0 fully saturated rings. The summed E-state index contributed by atoms with van der Waals surface area (Å²) in [7, 11) is 1.72. The lowest BCUT2D eigenvalue weighted by atomic mass is 10.1. The van der Waals surface area contributed by atoms with Crippen LogP contribution in [0.1, 0.15) is 31.4 Å². The van der Waals surface area contributed by atoms with Gasteiger partial charge in [-0.3, -0.25) is 0 Å². The molecule has 2 rings (SSSR count). The zero-order valence-electron chi connectivity index (χ0n) is 13.9. The Morgan fingerprint density at radius 1 is 1.17 bits per heavy atom. The summed E-state index contributed by atoms with van der Waals surface area (Å²) in [5.74, 6) is -0.273. The first-order chi connectivity index (χ1) is 11.4. The van der Waals surface area contributed by atoms with E-state index in [1.54, 1.807) is 11.9 Å². The van der Waals surface area contributed by atoms with Crippen LogP contribution < -0.4 is 9.64 Å². The Morgan fingerprint density at radius 2 is 1.88 bits per heavy atom. The van der Waals surface area contributed by atoms with E-state index >= 15 is 0 Å². The number of ether oxygens (including phenoxy) is 1. The molecule has 2 aromatic rings. The third kappa shape index (κ3) is 3.96. The van der Waals surface area contributed by atoms with Crippen LogP contribution in [0.25, 0.3) is 0 Å². The molecule has 0 aliphatic rings. The van der Waals surface area contributed by atoms with Gasteiger partial charge in [-0.15, -0.1) is 0 Å². The predicted octanol–water partition coefficient (Wildman–Crippen LogP) is 4.61. The molecule has 0 N–H and O–H groups in total. The molecule has 0 aliphatic carbocycles. The summed E-state index contributed by atoms with van der Waals surface area (Å²) >= 11 is 0. The van der Waals surface area contributed by atoms with Crippen molar-refractivity contribution in [3.8, 4) is 5.88 Å². The summed E-state index contributed by atoms with van der Waals surface area (Å²) in [6.07, 6.45) is -2.40. The number of alkyl halides is 3. The molecule has 1 aromatic carbocycles. The number of hydrogen-bond acceptors (Lipinski definition) is 4. The monoisotopic (exact) mass is 339 g/mol. The minimum Gasteiger partial charge on any atom is -0.477 e. The predicted molar refractivity (Wildman–Crippen MR) is 86.7 cm³/mol. The fourth-order valence-corrected chi connectivity index (χ4v) is 2.27. The second kappa shape index (κ2) is 7.51. The van der Waals surface area contributed by atoms with Crippen LogP contribution in [0.3, 0.4) is 0 Å². The first-order valence-electron chi connectivity index (χ1n) is 7.77. The van der Waals surface area contributed by atoms with E-state index in [1.165, 1.54) is 0 Å². The molecule has 7 heteroatoms. The molecular formula is C17H20F3N3O. The number of anilines is 2. The van der Waals surface area contributed by atoms with Crippen LogP contribution in [0.2, 0.25) is 0 Å². The van der Waals surface area contributed by atoms with Crippen molar-refractivity contribution in [3.05, 3.63) is 41.6 Å². The highest BCUT2D eigenvalue weighted by atomic mass is 19.4. The molecule has 1 heterocycles. The highest BCUT2D eigenvalue weighted by molar-refractivity contribution is 5.61. The third-order valence-electron chi connectivity index (χ3n) is 3.52. The fourth-order valence-electron chi connectivity index (χ4n) is 2.27. The molecule has 4 nitrogen and oxygen atoms in total. The van der Waals surface area contributed by atoms with Gasteiger partial charge in [0.15, 0.2) is 0 Å². The van der Waals surface area contributed by atoms with E-state index in [9.17, 15) is 13.2 Å². The zero-order chi connectivity index (χ0) is 17.7. The molecule has 0 atom stereocenters. The van der Waals surface area contributed by atoms with Crippen molar-refractivity contribution in [3.63, 3.8) is 0 Å². The maximum Gasteiger partial charge on any atom is 0.423 e. The second-order valence-electron chi connectivity index (χ2n) is 5.28. The van der Waals surface area contributed by atoms with E-state index in [2.05, 4.69) is 9.97 Å². The van der Waals surface area contributed by atoms with E-state index in [1.807, 2.05) is 38.1 Å². The molecule has 0 radical (unpaired) electrons. The molecule has 130 valence electrons. The van der Waals surface area contributed by atoms with E-state index in [4.69, 9.17) is 4.74 Å². The molecule has 24 heavy (non-hydrogen) atoms. The highest BCUT2D eigenvalue weighted by Crippen LogP contribution is 2.36. The summed E-state index contributed by atoms with van der Waals surface area (Å²) in [4.78, 5) is 9.55. The van der Waals surface area contributed by atoms with E-state index in [0.29, 0.717) is 6.42 Å². The lowest BCUT2D eigenvalue weighted by molar-refractivity contribution is -0.139. The molecule has 0 spiro atoms. The molecule has 0 aliphatic heterocycles. The minimum absolute atomic E-state index is 0.162. The van der Waals surface area contributed by atoms with Gasteiger partial charge in [0.1, 0.15) is 5.56 Å². The van der Waals surface area contributed by atoms with Crippen molar-refractivity contribution in [2.75, 3.05) is 18.6 Å². The summed E-state index contributed by atoms with van der Waals surface area (Å²) in [5.41, 5.74) is 0.942. The zero-order valence-corrected chi connectivity index (χ0v) is 13.9. The van der Waals surface area contributed by atoms with Gasteiger partial charge in [-0.2, -0.15) is 18.2 Å². The van der Waals surface area contributed by atoms with Gasteiger partial charge in [-0.25, -0.2) is 4.98 Å². The molecule has 0 unspecified atom stereocenters. The normalized spacial score (nSPS) is 11.4. The standard InChI is InChI=1S/C17H20F3N3O/c1-4-10-24-15-13(17(18,19)20)11-21-16(22-15)23(3)14-9-7-6-8-12(14)5-2/h6-9,11H,4-5,10H2,1-3H3. The van der Waals surface area contributed by atoms with Gasteiger partial charge in [0.05, 0.1) is 6.61 Å². The van der Waals surface area contributed by atoms with Crippen molar-refractivity contribution < 1.29 is 17.9 Å². The van der Waals surface area contributed by atoms with Gasteiger partial charge in [0, 0.05) is 18.9 Å². The Bertz CT molecular complexity index is 689. The van der Waals surface area contributed by atoms with Gasteiger partial charge in [-0.05, 0) is 24.5 Å². The molecule has 0 amide bonds. The highest BCUT2D eigenvalue weighted by Gasteiger charge is 2.36. The Balaban J connectivity index is 2.43. The number of aromatic nitrogens is 2. The van der Waals surface area contributed by atoms with Crippen LogP contribution in [0.4, 0.5) is 24.8 Å². The van der Waals surface area contributed by atoms with Gasteiger partial charge < -0.3 is 9.64 Å². The third-order valence-corrected chi connectivity index (χ3v) is 3.52. The minimum atomic E-state index is -4.55. The molecule has 0 saturated carbocycles. The summed E-state index contributed by atoms with van der Waals surface area (Å²) in [6.45, 7) is 3.99. The van der Waals surface area contributed by atoms with Crippen LogP contribution in [0.15, 0.2) is 30.5 Å². The average molecular weight is 339 g/mol. The van der Waals surface area contributed by atoms with Crippen LogP contribution in [-0.4, -0.2) is 23.6 Å². The largest absolute Gasteiger partial charge is 0.477 e. The SMILES string of the molecule is CCCOc1nc(N(C)c2ccccc2CC)ncc1C(F)(F)F. The van der Waals surface area contributed by atoms with Gasteiger partial charge >= 0.3 is 6.18 Å². The number of hydrogen-bond donors (Lipinski definition) is 0. The quantitative estimate of drug-likeness (QED) is 0.770. The number of nitrogens with zero attached hydrogens (tertiary/aromatic N) is 3. The number of rotatable bonds is 6. The van der Waals surface area contributed by atoms with Crippen molar-refractivity contribution in [2.45, 2.75) is 32.9 Å². The maximum atomic E-state index is 13.1. The number of para-hydroxylation sites is 1. The second-order valence-corrected chi connectivity index (χ2v) is 5.28. The smallest absolute Gasteiger partial charge is 0.423 e. The van der Waals surface area contributed by atoms with Crippen LogP contribution >= 0.6 is 0 Å². The average Bonchev–Trinajstić information content (AvgIpc) is 2.58. The van der Waals surface area contributed by atoms with Crippen molar-refractivity contribution >= 4 is 11.6 Å². The number of halogens is 3. The van der Waals surface area contributed by atoms with Gasteiger partial charge in [-0.1, -0.05) is 32.0 Å². The molecular weight excluding hydrogens is 319 g/mol. The summed E-state index contributed by atoms with van der Waals surface area (Å²) in [6, 6.07) is 7.62. The van der Waals surface area contributed by atoms with Crippen LogP contribution in [0.5, 0.6) is 5.88 Å². The Hall–Kier alpha value is -2.31. The van der Waals surface area contributed by atoms with Gasteiger partial charge in [0.25, 0.3) is 0 Å². The van der Waals surface area contributed by atoms with Crippen molar-refractivity contribution in [1.29, 1.82) is 0 Å². The Kier molecular flexibility index (Phi) is 5.64.